The van der Waals surface area contributed by atoms with E-state index in [2.05, 4.69) is 9.88 Å². The maximum absolute atomic E-state index is 11.6. The summed E-state index contributed by atoms with van der Waals surface area (Å²) in [6.07, 6.45) is 1.00. The Labute approximate surface area is 101 Å². The topological polar surface area (TPSA) is 139 Å². The second-order valence-corrected chi connectivity index (χ2v) is 8.16. The average Bonchev–Trinajstić information content (AvgIpc) is 2.11. The fraction of sp³-hybridized carbons (Fsp3) is 0.857. The van der Waals surface area contributed by atoms with Gasteiger partial charge in [0.2, 0.25) is 10.0 Å². The van der Waals surface area contributed by atoms with Crippen molar-refractivity contribution in [3.63, 3.8) is 0 Å². The zero-order valence-electron chi connectivity index (χ0n) is 9.84. The van der Waals surface area contributed by atoms with Crippen LogP contribution in [0, 0.1) is 0 Å². The van der Waals surface area contributed by atoms with E-state index in [4.69, 9.17) is 10.9 Å². The number of nitrogens with one attached hydrogen (secondary N) is 1. The van der Waals surface area contributed by atoms with E-state index in [-0.39, 0.29) is 12.3 Å². The number of nitrogens with zero attached hydrogens (tertiary/aromatic N) is 1. The van der Waals surface area contributed by atoms with Gasteiger partial charge < -0.3 is 10.9 Å². The van der Waals surface area contributed by atoms with Gasteiger partial charge >= 0.3 is 0 Å². The minimum absolute atomic E-state index is 0.200. The molecule has 102 valence electrons. The average molecular weight is 287 g/mol. The first-order valence-corrected chi connectivity index (χ1v) is 8.34. The summed E-state index contributed by atoms with van der Waals surface area (Å²) in [4.78, 5) is 0. The third kappa shape index (κ3) is 5.33. The Balaban J connectivity index is 5.18. The number of sulfone groups is 1. The molecule has 0 radical (unpaired) electrons. The third-order valence-corrected chi connectivity index (χ3v) is 5.85. The van der Waals surface area contributed by atoms with Crippen LogP contribution in [0.15, 0.2) is 5.16 Å². The van der Waals surface area contributed by atoms with Crippen LogP contribution in [-0.2, 0) is 19.9 Å². The van der Waals surface area contributed by atoms with Crippen LogP contribution < -0.4 is 10.5 Å². The lowest BCUT2D eigenvalue weighted by atomic mass is 10.00. The van der Waals surface area contributed by atoms with Gasteiger partial charge in [-0.05, 0) is 13.3 Å². The number of hydrogen-bond acceptors (Lipinski definition) is 6. The quantitative estimate of drug-likeness (QED) is 0.243. The maximum atomic E-state index is 11.6. The molecule has 1 atom stereocenters. The molecule has 0 aliphatic heterocycles. The number of oxime groups is 1. The number of hydrogen-bond donors (Lipinski definition) is 3. The molecule has 0 aliphatic rings. The summed E-state index contributed by atoms with van der Waals surface area (Å²) in [6.45, 7) is 3.00. The number of sulfonamides is 1. The predicted octanol–water partition coefficient (Wildman–Crippen LogP) is -1.18. The largest absolute Gasteiger partial charge is 0.409 e. The van der Waals surface area contributed by atoms with E-state index in [0.717, 1.165) is 6.26 Å². The molecule has 10 heteroatoms. The van der Waals surface area contributed by atoms with Crippen molar-refractivity contribution in [1.82, 2.24) is 4.72 Å². The first-order chi connectivity index (χ1) is 7.46. The molecule has 0 bridgehead atoms. The van der Waals surface area contributed by atoms with Crippen LogP contribution in [0.2, 0.25) is 0 Å². The Morgan fingerprint density at radius 3 is 2.18 bits per heavy atom. The highest BCUT2D eigenvalue weighted by molar-refractivity contribution is 8.06. The molecule has 1 unspecified atom stereocenters. The van der Waals surface area contributed by atoms with Gasteiger partial charge in [0, 0.05) is 6.26 Å². The minimum atomic E-state index is -4.07. The van der Waals surface area contributed by atoms with Gasteiger partial charge in [0.25, 0.3) is 0 Å². The van der Waals surface area contributed by atoms with Crippen LogP contribution in [0.1, 0.15) is 20.3 Å². The highest BCUT2D eigenvalue weighted by Gasteiger charge is 2.34. The molecule has 0 aliphatic carbocycles. The lowest BCUT2D eigenvalue weighted by Gasteiger charge is -2.27. The Bertz CT molecular complexity index is 496. The Morgan fingerprint density at radius 1 is 1.41 bits per heavy atom. The van der Waals surface area contributed by atoms with Gasteiger partial charge in [0.05, 0.1) is 5.54 Å². The van der Waals surface area contributed by atoms with E-state index in [1.54, 1.807) is 6.92 Å². The van der Waals surface area contributed by atoms with Crippen molar-refractivity contribution in [3.8, 4) is 0 Å². The highest BCUT2D eigenvalue weighted by atomic mass is 32.3. The van der Waals surface area contributed by atoms with Crippen LogP contribution in [0.25, 0.3) is 0 Å². The van der Waals surface area contributed by atoms with E-state index >= 15 is 0 Å². The monoisotopic (exact) mass is 287 g/mol. The standard InChI is InChI=1S/C7H17N3O5S2/c1-4-7(2,6(8)9-11)10-17(14,15)5-16(3,12)13/h10-11H,4-5H2,1-3H3,(H2,8,9). The van der Waals surface area contributed by atoms with Crippen molar-refractivity contribution in [1.29, 1.82) is 0 Å². The fourth-order valence-corrected chi connectivity index (χ4v) is 4.50. The van der Waals surface area contributed by atoms with E-state index in [9.17, 15) is 16.8 Å². The molecule has 0 fully saturated rings. The van der Waals surface area contributed by atoms with Crippen molar-refractivity contribution in [2.45, 2.75) is 25.8 Å². The Morgan fingerprint density at radius 2 is 1.88 bits per heavy atom. The zero-order valence-corrected chi connectivity index (χ0v) is 11.5. The molecule has 0 spiro atoms. The summed E-state index contributed by atoms with van der Waals surface area (Å²) >= 11 is 0. The van der Waals surface area contributed by atoms with Gasteiger partial charge in [-0.25, -0.2) is 21.6 Å². The molecule has 0 aromatic heterocycles. The number of amidine groups is 1. The Kier molecular flexibility index (Phi) is 4.92. The molecule has 0 amide bonds. The maximum Gasteiger partial charge on any atom is 0.226 e. The molecular formula is C7H17N3O5S2. The van der Waals surface area contributed by atoms with Gasteiger partial charge in [-0.3, -0.25) is 0 Å². The van der Waals surface area contributed by atoms with Gasteiger partial charge in [0.1, 0.15) is 0 Å². The van der Waals surface area contributed by atoms with Crippen LogP contribution >= 0.6 is 0 Å². The lowest BCUT2D eigenvalue weighted by Crippen LogP contribution is -2.55. The molecule has 0 heterocycles. The summed E-state index contributed by atoms with van der Waals surface area (Å²) in [5.74, 6) is -0.336. The number of nitrogens with two attached hydrogens (primary N) is 1. The van der Waals surface area contributed by atoms with Crippen molar-refractivity contribution < 1.29 is 22.0 Å². The van der Waals surface area contributed by atoms with Crippen LogP contribution in [-0.4, -0.2) is 44.8 Å². The Hall–Kier alpha value is -0.870. The summed E-state index contributed by atoms with van der Waals surface area (Å²) < 4.78 is 47.1. The van der Waals surface area contributed by atoms with Crippen LogP contribution in [0.4, 0.5) is 0 Å². The van der Waals surface area contributed by atoms with E-state index in [1.165, 1.54) is 6.92 Å². The van der Waals surface area contributed by atoms with Gasteiger partial charge in [-0.15, -0.1) is 0 Å². The van der Waals surface area contributed by atoms with Crippen molar-refractivity contribution in [2.24, 2.45) is 10.9 Å². The normalized spacial score (nSPS) is 17.7. The van der Waals surface area contributed by atoms with Gasteiger partial charge in [-0.1, -0.05) is 12.1 Å². The SMILES string of the molecule is CCC(C)(NS(=O)(=O)CS(C)(=O)=O)C(N)=NO. The molecule has 8 nitrogen and oxygen atoms in total. The number of rotatable bonds is 6. The molecule has 0 aromatic rings. The summed E-state index contributed by atoms with van der Waals surface area (Å²) in [5.41, 5.74) is 4.04. The van der Waals surface area contributed by atoms with Crippen molar-refractivity contribution >= 4 is 25.7 Å². The van der Waals surface area contributed by atoms with E-state index in [1.807, 2.05) is 0 Å². The zero-order chi connectivity index (χ0) is 13.9. The second kappa shape index (κ2) is 5.19. The summed E-state index contributed by atoms with van der Waals surface area (Å²) in [5, 5.41) is 10.2. The minimum Gasteiger partial charge on any atom is -0.409 e. The summed E-state index contributed by atoms with van der Waals surface area (Å²) in [6, 6.07) is 0. The van der Waals surface area contributed by atoms with Gasteiger partial charge in [0.15, 0.2) is 20.8 Å². The first-order valence-electron chi connectivity index (χ1n) is 4.63. The second-order valence-electron chi connectivity index (χ2n) is 3.93. The van der Waals surface area contributed by atoms with Crippen LogP contribution in [0.3, 0.4) is 0 Å². The molecular weight excluding hydrogens is 270 g/mol. The molecule has 4 N–H and O–H groups in total. The molecule has 0 saturated heterocycles. The molecule has 0 saturated carbocycles. The van der Waals surface area contributed by atoms with E-state index < -0.39 is 30.5 Å². The molecule has 17 heavy (non-hydrogen) atoms. The van der Waals surface area contributed by atoms with Crippen molar-refractivity contribution in [3.05, 3.63) is 0 Å². The van der Waals surface area contributed by atoms with E-state index in [0.29, 0.717) is 0 Å². The third-order valence-electron chi connectivity index (χ3n) is 2.13. The van der Waals surface area contributed by atoms with Crippen LogP contribution in [0.5, 0.6) is 0 Å². The highest BCUT2D eigenvalue weighted by Crippen LogP contribution is 2.12. The molecule has 0 rings (SSSR count). The smallest absolute Gasteiger partial charge is 0.226 e. The first kappa shape index (κ1) is 16.1. The predicted molar refractivity (Wildman–Crippen MR) is 63.9 cm³/mol. The lowest BCUT2D eigenvalue weighted by molar-refractivity contribution is 0.310. The molecule has 0 aromatic carbocycles. The summed E-state index contributed by atoms with van der Waals surface area (Å²) in [7, 11) is -7.76. The fourth-order valence-electron chi connectivity index (χ4n) is 1.07. The van der Waals surface area contributed by atoms with Gasteiger partial charge in [-0.2, -0.15) is 0 Å². The van der Waals surface area contributed by atoms with Crippen molar-refractivity contribution in [2.75, 3.05) is 11.3 Å².